The molecule has 240 valence electrons. The molecule has 0 aromatic heterocycles. The molecule has 3 N–H and O–H groups in total. The minimum Gasteiger partial charge on any atom is -0.495 e. The van der Waals surface area contributed by atoms with Crippen LogP contribution < -0.4 is 20.7 Å². The standard InChI is InChI=1S/C35H45N5O5/c1-24-9-7-8-10-28(24)37-34(43)38-29-16-11-25(21-31(29)44-6)22-32(41)36-27-14-12-26(13-15-27)30(23-33(42)45-35(2,3)4)40-19-17-39(5)18-20-40/h7-16,21,30H,17-20,22-23H2,1-6H3,(H,36,41)(H2,37,38,43). The van der Waals surface area contributed by atoms with Crippen LogP contribution in [0.2, 0.25) is 0 Å². The van der Waals surface area contributed by atoms with Crippen molar-refractivity contribution in [2.75, 3.05) is 56.3 Å². The van der Waals surface area contributed by atoms with Crippen LogP contribution in [0.25, 0.3) is 0 Å². The van der Waals surface area contributed by atoms with Crippen LogP contribution in [0.3, 0.4) is 0 Å². The largest absolute Gasteiger partial charge is 0.495 e. The summed E-state index contributed by atoms with van der Waals surface area (Å²) in [4.78, 5) is 42.9. The van der Waals surface area contributed by atoms with Crippen LogP contribution in [0.1, 0.15) is 49.9 Å². The molecule has 1 heterocycles. The lowest BCUT2D eigenvalue weighted by atomic mass is 10.00. The highest BCUT2D eigenvalue weighted by Gasteiger charge is 2.28. The molecule has 3 amide bonds. The zero-order valence-corrected chi connectivity index (χ0v) is 27.1. The summed E-state index contributed by atoms with van der Waals surface area (Å²) in [5.41, 5.74) is 4.01. The summed E-state index contributed by atoms with van der Waals surface area (Å²) in [6.45, 7) is 11.1. The molecule has 10 heteroatoms. The van der Waals surface area contributed by atoms with Gasteiger partial charge in [-0.05, 0) is 81.8 Å². The number of para-hydroxylation sites is 1. The first-order valence-electron chi connectivity index (χ1n) is 15.2. The normalized spacial score (nSPS) is 14.7. The number of carbonyl (C=O) groups is 3. The van der Waals surface area contributed by atoms with Gasteiger partial charge in [0.25, 0.3) is 0 Å². The van der Waals surface area contributed by atoms with Gasteiger partial charge in [-0.2, -0.15) is 0 Å². The third-order valence-corrected chi connectivity index (χ3v) is 7.61. The Bertz CT molecular complexity index is 1480. The van der Waals surface area contributed by atoms with Gasteiger partial charge in [0, 0.05) is 43.6 Å². The van der Waals surface area contributed by atoms with Crippen molar-refractivity contribution in [3.63, 3.8) is 0 Å². The lowest BCUT2D eigenvalue weighted by Crippen LogP contribution is -2.46. The van der Waals surface area contributed by atoms with E-state index >= 15 is 0 Å². The maximum Gasteiger partial charge on any atom is 0.323 e. The Hall–Kier alpha value is -4.41. The first-order chi connectivity index (χ1) is 21.4. The minimum absolute atomic E-state index is 0.114. The second kappa shape index (κ2) is 15.0. The van der Waals surface area contributed by atoms with E-state index in [-0.39, 0.29) is 30.8 Å². The van der Waals surface area contributed by atoms with Gasteiger partial charge in [0.05, 0.1) is 25.6 Å². The number of hydrogen-bond donors (Lipinski definition) is 3. The number of hydrogen-bond acceptors (Lipinski definition) is 7. The third-order valence-electron chi connectivity index (χ3n) is 7.61. The predicted octanol–water partition coefficient (Wildman–Crippen LogP) is 5.85. The number of ether oxygens (including phenoxy) is 2. The van der Waals surface area contributed by atoms with Crippen molar-refractivity contribution < 1.29 is 23.9 Å². The maximum atomic E-state index is 12.9. The molecule has 3 aromatic carbocycles. The number of nitrogens with one attached hydrogen (secondary N) is 3. The number of methoxy groups -OCH3 is 1. The number of esters is 1. The van der Waals surface area contributed by atoms with Crippen LogP contribution in [-0.2, 0) is 20.7 Å². The van der Waals surface area contributed by atoms with E-state index in [4.69, 9.17) is 9.47 Å². The smallest absolute Gasteiger partial charge is 0.323 e. The summed E-state index contributed by atoms with van der Waals surface area (Å²) < 4.78 is 11.1. The van der Waals surface area contributed by atoms with Crippen LogP contribution in [0.5, 0.6) is 5.75 Å². The Morgan fingerprint density at radius 2 is 1.53 bits per heavy atom. The van der Waals surface area contributed by atoms with E-state index in [0.29, 0.717) is 22.8 Å². The van der Waals surface area contributed by atoms with Gasteiger partial charge in [-0.1, -0.05) is 36.4 Å². The topological polar surface area (TPSA) is 112 Å². The minimum atomic E-state index is -0.547. The lowest BCUT2D eigenvalue weighted by Gasteiger charge is -2.38. The molecule has 1 unspecified atom stereocenters. The lowest BCUT2D eigenvalue weighted by molar-refractivity contribution is -0.156. The van der Waals surface area contributed by atoms with Crippen molar-refractivity contribution in [3.05, 3.63) is 83.4 Å². The van der Waals surface area contributed by atoms with E-state index in [1.54, 1.807) is 18.2 Å². The van der Waals surface area contributed by atoms with Crippen molar-refractivity contribution in [2.24, 2.45) is 0 Å². The van der Waals surface area contributed by atoms with E-state index in [1.165, 1.54) is 7.11 Å². The number of likely N-dealkylation sites (N-methyl/N-ethyl adjacent to an activating group) is 1. The van der Waals surface area contributed by atoms with Crippen molar-refractivity contribution in [3.8, 4) is 5.75 Å². The van der Waals surface area contributed by atoms with E-state index in [1.807, 2.05) is 76.2 Å². The SMILES string of the molecule is COc1cc(CC(=O)Nc2ccc(C(CC(=O)OC(C)(C)C)N3CCN(C)CC3)cc2)ccc1NC(=O)Nc1ccccc1C. The Balaban J connectivity index is 1.37. The molecule has 3 aromatic rings. The van der Waals surface area contributed by atoms with E-state index in [9.17, 15) is 14.4 Å². The van der Waals surface area contributed by atoms with Crippen molar-refractivity contribution in [1.82, 2.24) is 9.80 Å². The van der Waals surface area contributed by atoms with Gasteiger partial charge >= 0.3 is 12.0 Å². The fraction of sp³-hybridized carbons (Fsp3) is 0.400. The number of anilines is 3. The van der Waals surface area contributed by atoms with Crippen LogP contribution in [0, 0.1) is 6.92 Å². The fourth-order valence-electron chi connectivity index (χ4n) is 5.25. The molecule has 0 bridgehead atoms. The molecule has 1 saturated heterocycles. The number of carbonyl (C=O) groups excluding carboxylic acids is 3. The molecule has 1 atom stereocenters. The zero-order valence-electron chi connectivity index (χ0n) is 27.1. The van der Waals surface area contributed by atoms with Crippen LogP contribution in [0.15, 0.2) is 66.7 Å². The molecule has 10 nitrogen and oxygen atoms in total. The molecule has 0 spiro atoms. The van der Waals surface area contributed by atoms with Crippen LogP contribution >= 0.6 is 0 Å². The van der Waals surface area contributed by atoms with E-state index < -0.39 is 11.6 Å². The summed E-state index contributed by atoms with van der Waals surface area (Å²) in [5.74, 6) is 0.0316. The number of amides is 3. The first kappa shape index (κ1) is 33.5. The number of piperazine rings is 1. The van der Waals surface area contributed by atoms with Gasteiger partial charge in [0.1, 0.15) is 11.4 Å². The monoisotopic (exact) mass is 615 g/mol. The van der Waals surface area contributed by atoms with Gasteiger partial charge in [-0.15, -0.1) is 0 Å². The summed E-state index contributed by atoms with van der Waals surface area (Å²) >= 11 is 0. The number of aryl methyl sites for hydroxylation is 1. The predicted molar refractivity (Wildman–Crippen MR) is 178 cm³/mol. The highest BCUT2D eigenvalue weighted by Crippen LogP contribution is 2.29. The fourth-order valence-corrected chi connectivity index (χ4v) is 5.25. The Morgan fingerprint density at radius 1 is 0.867 bits per heavy atom. The highest BCUT2D eigenvalue weighted by atomic mass is 16.6. The molecule has 1 fully saturated rings. The number of urea groups is 1. The number of rotatable bonds is 10. The summed E-state index contributed by atoms with van der Waals surface area (Å²) in [6, 6.07) is 19.9. The Kier molecular flexibility index (Phi) is 11.2. The summed E-state index contributed by atoms with van der Waals surface area (Å²) in [6.07, 6.45) is 0.378. The molecular formula is C35H45N5O5. The molecule has 0 aliphatic carbocycles. The summed E-state index contributed by atoms with van der Waals surface area (Å²) in [5, 5.41) is 8.61. The zero-order chi connectivity index (χ0) is 32.6. The van der Waals surface area contributed by atoms with Crippen molar-refractivity contribution in [2.45, 2.75) is 52.2 Å². The molecule has 1 aliphatic rings. The van der Waals surface area contributed by atoms with E-state index in [0.717, 1.165) is 42.9 Å². The van der Waals surface area contributed by atoms with Gasteiger partial charge < -0.3 is 30.3 Å². The first-order valence-corrected chi connectivity index (χ1v) is 15.2. The van der Waals surface area contributed by atoms with E-state index in [2.05, 4.69) is 32.8 Å². The van der Waals surface area contributed by atoms with Crippen molar-refractivity contribution in [1.29, 1.82) is 0 Å². The Labute approximate surface area is 266 Å². The van der Waals surface area contributed by atoms with Gasteiger partial charge in [0.2, 0.25) is 5.91 Å². The maximum absolute atomic E-state index is 12.9. The van der Waals surface area contributed by atoms with Gasteiger partial charge in [-0.25, -0.2) is 4.79 Å². The molecule has 45 heavy (non-hydrogen) atoms. The molecule has 0 saturated carbocycles. The van der Waals surface area contributed by atoms with Crippen LogP contribution in [-0.4, -0.2) is 73.6 Å². The molecule has 1 aliphatic heterocycles. The molecule has 4 rings (SSSR count). The number of benzene rings is 3. The average Bonchev–Trinajstić information content (AvgIpc) is 2.98. The summed E-state index contributed by atoms with van der Waals surface area (Å²) in [7, 11) is 3.62. The van der Waals surface area contributed by atoms with Gasteiger partial charge in [0.15, 0.2) is 0 Å². The van der Waals surface area contributed by atoms with Crippen molar-refractivity contribution >= 4 is 35.0 Å². The highest BCUT2D eigenvalue weighted by molar-refractivity contribution is 6.01. The second-order valence-electron chi connectivity index (χ2n) is 12.4. The van der Waals surface area contributed by atoms with Crippen LogP contribution in [0.4, 0.5) is 21.9 Å². The Morgan fingerprint density at radius 3 is 2.18 bits per heavy atom. The molecule has 0 radical (unpaired) electrons. The second-order valence-corrected chi connectivity index (χ2v) is 12.4. The molecular weight excluding hydrogens is 570 g/mol. The quantitative estimate of drug-likeness (QED) is 0.245. The third kappa shape index (κ3) is 10.1. The average molecular weight is 616 g/mol. The van der Waals surface area contributed by atoms with Gasteiger partial charge in [-0.3, -0.25) is 14.5 Å². The number of nitrogens with zero attached hydrogens (tertiary/aromatic N) is 2.